The molecule has 1 aromatic carbocycles. The molecule has 0 radical (unpaired) electrons. The summed E-state index contributed by atoms with van der Waals surface area (Å²) in [7, 11) is 1.45. The van der Waals surface area contributed by atoms with E-state index < -0.39 is 17.2 Å². The number of carbonyl (C=O) groups is 1. The fraction of sp³-hybridized carbons (Fsp3) is 0.667. The molecule has 1 amide bonds. The number of benzene rings is 1. The lowest BCUT2D eigenvalue weighted by atomic mass is 9.63. The average molecular weight is 379 g/mol. The maximum Gasteiger partial charge on any atom is 0.225 e. The van der Waals surface area contributed by atoms with Crippen LogP contribution in [0.15, 0.2) is 12.1 Å². The van der Waals surface area contributed by atoms with E-state index in [1.807, 2.05) is 4.90 Å². The largest absolute Gasteiger partial charge is 0.497 e. The van der Waals surface area contributed by atoms with Crippen LogP contribution >= 0.6 is 0 Å². The highest BCUT2D eigenvalue weighted by atomic mass is 19.2. The molecule has 1 spiro atoms. The average Bonchev–Trinajstić information content (AvgIpc) is 2.59. The molecule has 6 heteroatoms. The third-order valence-corrected chi connectivity index (χ3v) is 6.84. The lowest BCUT2D eigenvalue weighted by Crippen LogP contribution is -2.62. The summed E-state index contributed by atoms with van der Waals surface area (Å²) in [6.45, 7) is 3.29. The Balaban J connectivity index is 1.34. The standard InChI is InChI=1S/C21H27F2NO3/c1-20(26)9-14(10-20)19(25)24-11-21(12-24)5-3-13(4-6-21)16-7-15(27-2)8-17(22)18(16)23/h7-8,13-14,26H,3-6,9-12H2,1-2H3/t14-,20+. The van der Waals surface area contributed by atoms with E-state index in [2.05, 4.69) is 0 Å². The second-order valence-electron chi connectivity index (χ2n) is 9.08. The molecule has 1 aromatic rings. The highest BCUT2D eigenvalue weighted by Crippen LogP contribution is 2.50. The van der Waals surface area contributed by atoms with E-state index in [1.165, 1.54) is 7.11 Å². The van der Waals surface area contributed by atoms with Crippen LogP contribution in [-0.2, 0) is 4.79 Å². The summed E-state index contributed by atoms with van der Waals surface area (Å²) in [5.41, 5.74) is -0.144. The van der Waals surface area contributed by atoms with Gasteiger partial charge in [-0.05, 0) is 63.0 Å². The van der Waals surface area contributed by atoms with E-state index in [1.54, 1.807) is 13.0 Å². The van der Waals surface area contributed by atoms with Crippen LogP contribution in [0.4, 0.5) is 8.78 Å². The first-order chi connectivity index (χ1) is 12.7. The van der Waals surface area contributed by atoms with Crippen LogP contribution in [0.25, 0.3) is 0 Å². The Morgan fingerprint density at radius 3 is 2.41 bits per heavy atom. The summed E-state index contributed by atoms with van der Waals surface area (Å²) in [5, 5.41) is 9.83. The zero-order chi connectivity index (χ0) is 19.4. The number of hydrogen-bond acceptors (Lipinski definition) is 3. The number of halogens is 2. The van der Waals surface area contributed by atoms with Gasteiger partial charge >= 0.3 is 0 Å². The van der Waals surface area contributed by atoms with Gasteiger partial charge in [-0.25, -0.2) is 8.78 Å². The van der Waals surface area contributed by atoms with Crippen molar-refractivity contribution in [1.29, 1.82) is 0 Å². The molecular formula is C21H27F2NO3. The fourth-order valence-electron chi connectivity index (χ4n) is 5.21. The Labute approximate surface area is 158 Å². The minimum absolute atomic E-state index is 0.00768. The van der Waals surface area contributed by atoms with Crippen LogP contribution < -0.4 is 4.74 Å². The first kappa shape index (κ1) is 18.7. The Kier molecular flexibility index (Phi) is 4.45. The van der Waals surface area contributed by atoms with E-state index in [0.717, 1.165) is 44.8 Å². The minimum atomic E-state index is -0.860. The van der Waals surface area contributed by atoms with E-state index in [-0.39, 0.29) is 23.2 Å². The smallest absolute Gasteiger partial charge is 0.225 e. The molecule has 148 valence electrons. The van der Waals surface area contributed by atoms with Crippen LogP contribution in [-0.4, -0.2) is 41.7 Å². The summed E-state index contributed by atoms with van der Waals surface area (Å²) < 4.78 is 33.1. The van der Waals surface area contributed by atoms with Crippen LogP contribution in [0.3, 0.4) is 0 Å². The molecule has 4 rings (SSSR count). The Hall–Kier alpha value is -1.69. The van der Waals surface area contributed by atoms with Crippen molar-refractivity contribution in [3.8, 4) is 5.75 Å². The number of amides is 1. The van der Waals surface area contributed by atoms with Crippen LogP contribution in [0.2, 0.25) is 0 Å². The molecule has 1 saturated heterocycles. The first-order valence-electron chi connectivity index (χ1n) is 9.76. The van der Waals surface area contributed by atoms with Crippen molar-refractivity contribution in [1.82, 2.24) is 4.90 Å². The number of ether oxygens (including phenoxy) is 1. The van der Waals surface area contributed by atoms with E-state index in [9.17, 15) is 18.7 Å². The zero-order valence-electron chi connectivity index (χ0n) is 15.9. The van der Waals surface area contributed by atoms with Crippen molar-refractivity contribution < 1.29 is 23.4 Å². The topological polar surface area (TPSA) is 49.8 Å². The lowest BCUT2D eigenvalue weighted by molar-refractivity contribution is -0.163. The summed E-state index contributed by atoms with van der Waals surface area (Å²) in [6, 6.07) is 2.69. The van der Waals surface area contributed by atoms with Gasteiger partial charge in [0.05, 0.1) is 12.7 Å². The monoisotopic (exact) mass is 379 g/mol. The highest BCUT2D eigenvalue weighted by Gasteiger charge is 2.51. The van der Waals surface area contributed by atoms with Crippen LogP contribution in [0.5, 0.6) is 5.75 Å². The second kappa shape index (κ2) is 6.43. The van der Waals surface area contributed by atoms with Crippen LogP contribution in [0.1, 0.15) is 56.9 Å². The van der Waals surface area contributed by atoms with E-state index in [4.69, 9.17) is 4.74 Å². The number of rotatable bonds is 3. The Bertz CT molecular complexity index is 740. The van der Waals surface area contributed by atoms with Gasteiger partial charge in [-0.2, -0.15) is 0 Å². The molecule has 27 heavy (non-hydrogen) atoms. The normalized spacial score (nSPS) is 30.0. The number of carbonyl (C=O) groups excluding carboxylic acids is 1. The fourth-order valence-corrected chi connectivity index (χ4v) is 5.21. The summed E-state index contributed by atoms with van der Waals surface area (Å²) in [6.07, 6.45) is 4.54. The van der Waals surface area contributed by atoms with Crippen molar-refractivity contribution in [2.45, 2.75) is 57.0 Å². The molecule has 1 heterocycles. The molecule has 3 fully saturated rings. The van der Waals surface area contributed by atoms with Crippen LogP contribution in [0, 0.1) is 23.0 Å². The minimum Gasteiger partial charge on any atom is -0.497 e. The predicted molar refractivity (Wildman–Crippen MR) is 96.5 cm³/mol. The Morgan fingerprint density at radius 1 is 1.22 bits per heavy atom. The van der Waals surface area contributed by atoms with E-state index in [0.29, 0.717) is 24.2 Å². The molecule has 1 N–H and O–H groups in total. The van der Waals surface area contributed by atoms with Crippen molar-refractivity contribution >= 4 is 5.91 Å². The first-order valence-corrected chi connectivity index (χ1v) is 9.76. The van der Waals surface area contributed by atoms with Gasteiger partial charge in [0.1, 0.15) is 5.75 Å². The molecular weight excluding hydrogens is 352 g/mol. The maximum absolute atomic E-state index is 14.3. The summed E-state index contributed by atoms with van der Waals surface area (Å²) in [5.74, 6) is -1.16. The highest BCUT2D eigenvalue weighted by molar-refractivity contribution is 5.81. The molecule has 2 saturated carbocycles. The van der Waals surface area contributed by atoms with Crippen molar-refractivity contribution in [2.24, 2.45) is 11.3 Å². The molecule has 0 unspecified atom stereocenters. The van der Waals surface area contributed by atoms with Gasteiger partial charge < -0.3 is 14.7 Å². The van der Waals surface area contributed by atoms with Gasteiger partial charge in [0.2, 0.25) is 5.91 Å². The third-order valence-electron chi connectivity index (χ3n) is 6.84. The van der Waals surface area contributed by atoms with Gasteiger partial charge in [0, 0.05) is 30.5 Å². The van der Waals surface area contributed by atoms with Gasteiger partial charge in [0.15, 0.2) is 11.6 Å². The van der Waals surface area contributed by atoms with Gasteiger partial charge in [-0.15, -0.1) is 0 Å². The van der Waals surface area contributed by atoms with Gasteiger partial charge in [-0.1, -0.05) is 0 Å². The lowest BCUT2D eigenvalue weighted by Gasteiger charge is -2.55. The van der Waals surface area contributed by atoms with Gasteiger partial charge in [0.25, 0.3) is 0 Å². The quantitative estimate of drug-likeness (QED) is 0.873. The van der Waals surface area contributed by atoms with Crippen molar-refractivity contribution in [2.75, 3.05) is 20.2 Å². The van der Waals surface area contributed by atoms with Gasteiger partial charge in [-0.3, -0.25) is 4.79 Å². The predicted octanol–water partition coefficient (Wildman–Crippen LogP) is 3.62. The Morgan fingerprint density at radius 2 is 1.85 bits per heavy atom. The summed E-state index contributed by atoms with van der Waals surface area (Å²) in [4.78, 5) is 14.4. The molecule has 0 atom stereocenters. The van der Waals surface area contributed by atoms with Crippen molar-refractivity contribution in [3.63, 3.8) is 0 Å². The molecule has 1 aliphatic heterocycles. The number of hydrogen-bond donors (Lipinski definition) is 1. The maximum atomic E-state index is 14.3. The summed E-state index contributed by atoms with van der Waals surface area (Å²) >= 11 is 0. The SMILES string of the molecule is COc1cc(F)c(F)c(C2CCC3(CC2)CN(C(=O)[C@H]2C[C@@](C)(O)C2)C3)c1. The molecule has 3 aliphatic rings. The third kappa shape index (κ3) is 3.33. The number of likely N-dealkylation sites (tertiary alicyclic amines) is 1. The van der Waals surface area contributed by atoms with Crippen molar-refractivity contribution in [3.05, 3.63) is 29.3 Å². The number of methoxy groups -OCH3 is 1. The zero-order valence-corrected chi connectivity index (χ0v) is 15.9. The molecule has 0 bridgehead atoms. The molecule has 4 nitrogen and oxygen atoms in total. The second-order valence-corrected chi connectivity index (χ2v) is 9.08. The van der Waals surface area contributed by atoms with E-state index >= 15 is 0 Å². The molecule has 0 aromatic heterocycles. The molecule has 2 aliphatic carbocycles. The number of nitrogens with zero attached hydrogens (tertiary/aromatic N) is 1. The number of aliphatic hydroxyl groups is 1.